The van der Waals surface area contributed by atoms with Gasteiger partial charge in [-0.15, -0.1) is 0 Å². The van der Waals surface area contributed by atoms with E-state index in [1.54, 1.807) is 13.0 Å². The lowest BCUT2D eigenvalue weighted by atomic mass is 10.5. The first-order valence-corrected chi connectivity index (χ1v) is 5.26. The Labute approximate surface area is 98.2 Å². The van der Waals surface area contributed by atoms with E-state index in [0.717, 1.165) is 0 Å². The van der Waals surface area contributed by atoms with Gasteiger partial charge in [-0.25, -0.2) is 9.97 Å². The molecule has 7 nitrogen and oxygen atoms in total. The van der Waals surface area contributed by atoms with Gasteiger partial charge in [-0.2, -0.15) is 4.98 Å². The van der Waals surface area contributed by atoms with Crippen molar-refractivity contribution in [2.24, 2.45) is 0 Å². The summed E-state index contributed by atoms with van der Waals surface area (Å²) >= 11 is 0. The molecule has 0 aliphatic carbocycles. The Kier molecular flexibility index (Phi) is 3.49. The van der Waals surface area contributed by atoms with E-state index in [1.165, 1.54) is 6.33 Å². The predicted molar refractivity (Wildman–Crippen MR) is 59.6 cm³/mol. The lowest BCUT2D eigenvalue weighted by Gasteiger charge is -2.04. The van der Waals surface area contributed by atoms with E-state index in [9.17, 15) is 0 Å². The van der Waals surface area contributed by atoms with Gasteiger partial charge in [0.15, 0.2) is 5.82 Å². The van der Waals surface area contributed by atoms with Crippen molar-refractivity contribution in [1.82, 2.24) is 20.1 Å². The molecular weight excluding hydrogens is 222 g/mol. The van der Waals surface area contributed by atoms with Gasteiger partial charge in [-0.1, -0.05) is 5.16 Å². The molecule has 2 aromatic rings. The van der Waals surface area contributed by atoms with Crippen molar-refractivity contribution in [3.05, 3.63) is 24.1 Å². The smallest absolute Gasteiger partial charge is 0.223 e. The summed E-state index contributed by atoms with van der Waals surface area (Å²) in [5, 5.41) is 6.82. The fraction of sp³-hybridized carbons (Fsp3) is 0.400. The highest BCUT2D eigenvalue weighted by Gasteiger charge is 2.03. The zero-order valence-corrected chi connectivity index (χ0v) is 9.67. The Balaban J connectivity index is 1.96. The number of hydrogen-bond donors (Lipinski definition) is 1. The maximum absolute atomic E-state index is 5.26. The topological polar surface area (TPSA) is 86.0 Å². The van der Waals surface area contributed by atoms with Crippen molar-refractivity contribution in [1.29, 1.82) is 0 Å². The lowest BCUT2D eigenvalue weighted by molar-refractivity contribution is 0.326. The van der Waals surface area contributed by atoms with Crippen molar-refractivity contribution >= 4 is 5.82 Å². The van der Waals surface area contributed by atoms with Crippen LogP contribution >= 0.6 is 0 Å². The van der Waals surface area contributed by atoms with Crippen LogP contribution in [0.4, 0.5) is 5.82 Å². The zero-order chi connectivity index (χ0) is 12.1. The largest absolute Gasteiger partial charge is 0.478 e. The molecule has 2 aromatic heterocycles. The molecule has 0 atom stereocenters. The molecule has 0 unspecified atom stereocenters. The second kappa shape index (κ2) is 5.24. The zero-order valence-electron chi connectivity index (χ0n) is 9.67. The van der Waals surface area contributed by atoms with Gasteiger partial charge in [-0.3, -0.25) is 0 Å². The Morgan fingerprint density at radius 1 is 1.41 bits per heavy atom. The van der Waals surface area contributed by atoms with Crippen LogP contribution in [0.5, 0.6) is 5.88 Å². The third-order valence-corrected chi connectivity index (χ3v) is 1.93. The molecule has 0 bridgehead atoms. The van der Waals surface area contributed by atoms with Crippen LogP contribution in [0, 0.1) is 6.92 Å². The summed E-state index contributed by atoms with van der Waals surface area (Å²) in [6.07, 6.45) is 1.44. The second-order valence-corrected chi connectivity index (χ2v) is 3.26. The number of nitrogens with zero attached hydrogens (tertiary/aromatic N) is 4. The lowest BCUT2D eigenvalue weighted by Crippen LogP contribution is -2.04. The molecule has 90 valence electrons. The molecule has 0 fully saturated rings. The minimum absolute atomic E-state index is 0.444. The van der Waals surface area contributed by atoms with Gasteiger partial charge >= 0.3 is 0 Å². The molecule has 7 heteroatoms. The fourth-order valence-corrected chi connectivity index (χ4v) is 1.25. The summed E-state index contributed by atoms with van der Waals surface area (Å²) in [5.74, 6) is 2.32. The number of aromatic nitrogens is 4. The quantitative estimate of drug-likeness (QED) is 0.832. The molecule has 1 N–H and O–H groups in total. The second-order valence-electron chi connectivity index (χ2n) is 3.26. The first-order valence-electron chi connectivity index (χ1n) is 5.26. The molecule has 0 amide bonds. The van der Waals surface area contributed by atoms with Crippen LogP contribution in [0.25, 0.3) is 0 Å². The van der Waals surface area contributed by atoms with Gasteiger partial charge in [0, 0.05) is 13.0 Å². The molecule has 0 radical (unpaired) electrons. The number of rotatable bonds is 5. The molecule has 0 saturated carbocycles. The van der Waals surface area contributed by atoms with E-state index < -0.39 is 0 Å². The SMILES string of the molecule is CCOc1cc(NCc2noc(C)n2)ncn1. The fourth-order valence-electron chi connectivity index (χ4n) is 1.25. The standard InChI is InChI=1S/C10H13N5O2/c1-3-16-10-4-8(12-6-13-10)11-5-9-14-7(2)17-15-9/h4,6H,3,5H2,1-2H3,(H,11,12,13). The van der Waals surface area contributed by atoms with Gasteiger partial charge in [-0.05, 0) is 6.92 Å². The van der Waals surface area contributed by atoms with E-state index in [0.29, 0.717) is 36.6 Å². The van der Waals surface area contributed by atoms with Crippen LogP contribution in [0.3, 0.4) is 0 Å². The van der Waals surface area contributed by atoms with Crippen molar-refractivity contribution in [3.8, 4) is 5.88 Å². The highest BCUT2D eigenvalue weighted by Crippen LogP contribution is 2.11. The molecule has 0 aliphatic heterocycles. The van der Waals surface area contributed by atoms with E-state index >= 15 is 0 Å². The Morgan fingerprint density at radius 3 is 3.00 bits per heavy atom. The number of ether oxygens (including phenoxy) is 1. The van der Waals surface area contributed by atoms with Gasteiger partial charge in [0.25, 0.3) is 0 Å². The van der Waals surface area contributed by atoms with E-state index in [1.807, 2.05) is 6.92 Å². The Bertz CT molecular complexity index is 485. The average Bonchev–Trinajstić information content (AvgIpc) is 2.74. The third-order valence-electron chi connectivity index (χ3n) is 1.93. The first-order chi connectivity index (χ1) is 8.28. The van der Waals surface area contributed by atoms with Crippen LogP contribution in [0.1, 0.15) is 18.6 Å². The van der Waals surface area contributed by atoms with E-state index in [-0.39, 0.29) is 0 Å². The van der Waals surface area contributed by atoms with E-state index in [4.69, 9.17) is 9.26 Å². The third kappa shape index (κ3) is 3.13. The number of aryl methyl sites for hydroxylation is 1. The van der Waals surface area contributed by atoms with Crippen LogP contribution in [0.15, 0.2) is 16.9 Å². The van der Waals surface area contributed by atoms with Crippen LogP contribution in [0.2, 0.25) is 0 Å². The predicted octanol–water partition coefficient (Wildman–Crippen LogP) is 1.18. The van der Waals surface area contributed by atoms with Crippen molar-refractivity contribution in [2.75, 3.05) is 11.9 Å². The molecule has 17 heavy (non-hydrogen) atoms. The molecule has 2 heterocycles. The summed E-state index contributed by atoms with van der Waals surface area (Å²) in [6, 6.07) is 1.72. The number of anilines is 1. The summed E-state index contributed by atoms with van der Waals surface area (Å²) in [4.78, 5) is 12.1. The molecule has 0 spiro atoms. The minimum Gasteiger partial charge on any atom is -0.478 e. The maximum Gasteiger partial charge on any atom is 0.223 e. The number of nitrogens with one attached hydrogen (secondary N) is 1. The maximum atomic E-state index is 5.26. The first kappa shape index (κ1) is 11.3. The summed E-state index contributed by atoms with van der Waals surface area (Å²) in [6.45, 7) is 4.66. The summed E-state index contributed by atoms with van der Waals surface area (Å²) in [5.41, 5.74) is 0. The molecule has 0 saturated heterocycles. The summed E-state index contributed by atoms with van der Waals surface area (Å²) < 4.78 is 10.1. The number of hydrogen-bond acceptors (Lipinski definition) is 7. The molecular formula is C10H13N5O2. The Morgan fingerprint density at radius 2 is 2.29 bits per heavy atom. The normalized spacial score (nSPS) is 10.2. The van der Waals surface area contributed by atoms with Gasteiger partial charge in [0.2, 0.25) is 11.8 Å². The minimum atomic E-state index is 0.444. The molecule has 0 aromatic carbocycles. The van der Waals surface area contributed by atoms with Gasteiger partial charge in [0.05, 0.1) is 13.2 Å². The van der Waals surface area contributed by atoms with Gasteiger partial charge in [0.1, 0.15) is 12.1 Å². The van der Waals surface area contributed by atoms with Crippen molar-refractivity contribution in [2.45, 2.75) is 20.4 Å². The van der Waals surface area contributed by atoms with Crippen molar-refractivity contribution < 1.29 is 9.26 Å². The highest BCUT2D eigenvalue weighted by molar-refractivity contribution is 5.36. The van der Waals surface area contributed by atoms with Crippen molar-refractivity contribution in [3.63, 3.8) is 0 Å². The van der Waals surface area contributed by atoms with E-state index in [2.05, 4.69) is 25.4 Å². The average molecular weight is 235 g/mol. The van der Waals surface area contributed by atoms with Crippen LogP contribution in [-0.4, -0.2) is 26.7 Å². The monoisotopic (exact) mass is 235 g/mol. The summed E-state index contributed by atoms with van der Waals surface area (Å²) in [7, 11) is 0. The molecule has 2 rings (SSSR count). The van der Waals surface area contributed by atoms with Crippen LogP contribution < -0.4 is 10.1 Å². The van der Waals surface area contributed by atoms with Crippen LogP contribution in [-0.2, 0) is 6.54 Å². The molecule has 0 aliphatic rings. The van der Waals surface area contributed by atoms with Gasteiger partial charge < -0.3 is 14.6 Å². The highest BCUT2D eigenvalue weighted by atomic mass is 16.5. The Hall–Kier alpha value is -2.18.